The molecular weight excluding hydrogens is 155 g/mol. The van der Waals surface area contributed by atoms with Gasteiger partial charge in [0.25, 0.3) is 0 Å². The van der Waals surface area contributed by atoms with Crippen molar-refractivity contribution >= 4 is 0 Å². The number of aromatic nitrogens is 1. The van der Waals surface area contributed by atoms with E-state index in [1.54, 1.807) is 12.3 Å². The molecule has 2 rings (SSSR count). The lowest BCUT2D eigenvalue weighted by Gasteiger charge is -2.32. The first kappa shape index (κ1) is 7.68. The summed E-state index contributed by atoms with van der Waals surface area (Å²) in [5.41, 5.74) is 6.61. The second-order valence-corrected chi connectivity index (χ2v) is 3.36. The van der Waals surface area contributed by atoms with Gasteiger partial charge in [0.2, 0.25) is 0 Å². The van der Waals surface area contributed by atoms with Crippen LogP contribution >= 0.6 is 0 Å². The van der Waals surface area contributed by atoms with Crippen LogP contribution in [0.3, 0.4) is 0 Å². The predicted molar refractivity (Wildman–Crippen MR) is 44.1 cm³/mol. The van der Waals surface area contributed by atoms with Crippen LogP contribution < -0.4 is 5.73 Å². The summed E-state index contributed by atoms with van der Waals surface area (Å²) in [6, 6.07) is 1.85. The second kappa shape index (κ2) is 2.83. The van der Waals surface area contributed by atoms with Crippen molar-refractivity contribution in [2.24, 2.45) is 5.73 Å². The Labute approximate surface area is 70.6 Å². The summed E-state index contributed by atoms with van der Waals surface area (Å²) in [6.45, 7) is 0. The lowest BCUT2D eigenvalue weighted by atomic mass is 9.77. The Balaban J connectivity index is 2.13. The Kier molecular flexibility index (Phi) is 1.81. The minimum Gasteiger partial charge on any atom is -0.328 e. The number of hydrogen-bond donors (Lipinski definition) is 1. The van der Waals surface area contributed by atoms with Crippen molar-refractivity contribution in [3.8, 4) is 0 Å². The first-order chi connectivity index (χ1) is 5.75. The fourth-order valence-corrected chi connectivity index (χ4v) is 1.59. The molecule has 0 unspecified atom stereocenters. The van der Waals surface area contributed by atoms with Crippen molar-refractivity contribution in [3.05, 3.63) is 29.8 Å². The molecule has 0 radical (unpaired) electrons. The topological polar surface area (TPSA) is 38.9 Å². The van der Waals surface area contributed by atoms with Crippen LogP contribution in [0.25, 0.3) is 0 Å². The average molecular weight is 166 g/mol. The quantitative estimate of drug-likeness (QED) is 0.685. The van der Waals surface area contributed by atoms with Gasteiger partial charge < -0.3 is 5.73 Å². The van der Waals surface area contributed by atoms with E-state index in [4.69, 9.17) is 5.73 Å². The van der Waals surface area contributed by atoms with Crippen molar-refractivity contribution < 1.29 is 4.39 Å². The zero-order valence-corrected chi connectivity index (χ0v) is 6.70. The minimum atomic E-state index is -0.257. The molecule has 0 aliphatic heterocycles. The number of nitrogens with zero attached hydrogens (tertiary/aromatic N) is 1. The van der Waals surface area contributed by atoms with Gasteiger partial charge >= 0.3 is 0 Å². The highest BCUT2D eigenvalue weighted by Gasteiger charge is 2.27. The standard InChI is InChI=1S/C9H11FN2/c10-8-1-7(4-12-5-8)6-2-9(11)3-6/h1,4-6,9H,2-3,11H2. The van der Waals surface area contributed by atoms with Crippen molar-refractivity contribution in [1.29, 1.82) is 0 Å². The monoisotopic (exact) mass is 166 g/mol. The van der Waals surface area contributed by atoms with E-state index in [1.807, 2.05) is 0 Å². The predicted octanol–water partition coefficient (Wildman–Crippen LogP) is 1.43. The highest BCUT2D eigenvalue weighted by atomic mass is 19.1. The lowest BCUT2D eigenvalue weighted by molar-refractivity contribution is 0.350. The molecule has 0 spiro atoms. The van der Waals surface area contributed by atoms with E-state index >= 15 is 0 Å². The van der Waals surface area contributed by atoms with Gasteiger partial charge in [-0.25, -0.2) is 4.39 Å². The van der Waals surface area contributed by atoms with Gasteiger partial charge in [-0.05, 0) is 30.4 Å². The van der Waals surface area contributed by atoms with E-state index in [-0.39, 0.29) is 5.82 Å². The summed E-state index contributed by atoms with van der Waals surface area (Å²) in [6.07, 6.45) is 4.87. The number of halogens is 1. The van der Waals surface area contributed by atoms with E-state index in [9.17, 15) is 4.39 Å². The Morgan fingerprint density at radius 1 is 1.42 bits per heavy atom. The molecule has 1 aliphatic rings. The number of pyridine rings is 1. The summed E-state index contributed by atoms with van der Waals surface area (Å²) in [4.78, 5) is 3.80. The van der Waals surface area contributed by atoms with Gasteiger partial charge in [0.15, 0.2) is 0 Å². The molecule has 1 aromatic rings. The molecule has 1 aliphatic carbocycles. The number of nitrogens with two attached hydrogens (primary N) is 1. The molecule has 3 heteroatoms. The summed E-state index contributed by atoms with van der Waals surface area (Å²) in [7, 11) is 0. The molecule has 12 heavy (non-hydrogen) atoms. The zero-order valence-electron chi connectivity index (χ0n) is 6.70. The molecular formula is C9H11FN2. The first-order valence-corrected chi connectivity index (χ1v) is 4.12. The Morgan fingerprint density at radius 3 is 2.75 bits per heavy atom. The third-order valence-electron chi connectivity index (χ3n) is 2.37. The molecule has 1 aromatic heterocycles. The summed E-state index contributed by atoms with van der Waals surface area (Å²) >= 11 is 0. The molecule has 2 nitrogen and oxygen atoms in total. The van der Waals surface area contributed by atoms with E-state index in [2.05, 4.69) is 4.98 Å². The van der Waals surface area contributed by atoms with Gasteiger partial charge in [0.1, 0.15) is 5.82 Å². The smallest absolute Gasteiger partial charge is 0.141 e. The second-order valence-electron chi connectivity index (χ2n) is 3.36. The van der Waals surface area contributed by atoms with E-state index < -0.39 is 0 Å². The van der Waals surface area contributed by atoms with Crippen LogP contribution in [0.4, 0.5) is 4.39 Å². The summed E-state index contributed by atoms with van der Waals surface area (Å²) in [5, 5.41) is 0. The van der Waals surface area contributed by atoms with E-state index in [0.717, 1.165) is 18.4 Å². The van der Waals surface area contributed by atoms with E-state index in [1.165, 1.54) is 6.20 Å². The lowest BCUT2D eigenvalue weighted by Crippen LogP contribution is -2.34. The van der Waals surface area contributed by atoms with Crippen LogP contribution in [0, 0.1) is 5.82 Å². The zero-order chi connectivity index (χ0) is 8.55. The highest BCUT2D eigenvalue weighted by Crippen LogP contribution is 2.35. The molecule has 0 bridgehead atoms. The maximum atomic E-state index is 12.7. The van der Waals surface area contributed by atoms with Crippen LogP contribution in [-0.2, 0) is 0 Å². The number of hydrogen-bond acceptors (Lipinski definition) is 2. The first-order valence-electron chi connectivity index (χ1n) is 4.12. The largest absolute Gasteiger partial charge is 0.328 e. The van der Waals surface area contributed by atoms with E-state index in [0.29, 0.717) is 12.0 Å². The summed E-state index contributed by atoms with van der Waals surface area (Å²) in [5.74, 6) is 0.177. The molecule has 1 saturated carbocycles. The van der Waals surface area contributed by atoms with Crippen LogP contribution in [0.2, 0.25) is 0 Å². The molecule has 1 heterocycles. The third-order valence-corrected chi connectivity index (χ3v) is 2.37. The molecule has 0 saturated heterocycles. The molecule has 0 atom stereocenters. The Morgan fingerprint density at radius 2 is 2.17 bits per heavy atom. The maximum Gasteiger partial charge on any atom is 0.141 e. The normalized spacial score (nSPS) is 28.2. The van der Waals surface area contributed by atoms with Gasteiger partial charge in [-0.2, -0.15) is 0 Å². The minimum absolute atomic E-state index is 0.257. The highest BCUT2D eigenvalue weighted by molar-refractivity contribution is 5.19. The van der Waals surface area contributed by atoms with Crippen molar-refractivity contribution in [2.45, 2.75) is 24.8 Å². The molecule has 2 N–H and O–H groups in total. The molecule has 0 aromatic carbocycles. The SMILES string of the molecule is NC1CC(c2cncc(F)c2)C1. The van der Waals surface area contributed by atoms with Gasteiger partial charge in [-0.1, -0.05) is 0 Å². The molecule has 1 fully saturated rings. The van der Waals surface area contributed by atoms with Crippen LogP contribution in [-0.4, -0.2) is 11.0 Å². The fraction of sp³-hybridized carbons (Fsp3) is 0.444. The van der Waals surface area contributed by atoms with Crippen LogP contribution in [0.5, 0.6) is 0 Å². The Bertz CT molecular complexity index is 282. The van der Waals surface area contributed by atoms with Gasteiger partial charge in [-0.3, -0.25) is 4.98 Å². The fourth-order valence-electron chi connectivity index (χ4n) is 1.59. The molecule has 0 amide bonds. The van der Waals surface area contributed by atoms with Crippen LogP contribution in [0.1, 0.15) is 24.3 Å². The van der Waals surface area contributed by atoms with Crippen molar-refractivity contribution in [3.63, 3.8) is 0 Å². The number of rotatable bonds is 1. The average Bonchev–Trinajstić information content (AvgIpc) is 1.99. The van der Waals surface area contributed by atoms with Gasteiger partial charge in [-0.15, -0.1) is 0 Å². The Hall–Kier alpha value is -0.960. The van der Waals surface area contributed by atoms with Crippen molar-refractivity contribution in [1.82, 2.24) is 4.98 Å². The van der Waals surface area contributed by atoms with Crippen molar-refractivity contribution in [2.75, 3.05) is 0 Å². The molecule has 64 valence electrons. The van der Waals surface area contributed by atoms with Gasteiger partial charge in [0.05, 0.1) is 6.20 Å². The maximum absolute atomic E-state index is 12.7. The van der Waals surface area contributed by atoms with Crippen LogP contribution in [0.15, 0.2) is 18.5 Å². The van der Waals surface area contributed by atoms with Gasteiger partial charge in [0, 0.05) is 12.2 Å². The summed E-state index contributed by atoms with van der Waals surface area (Å²) < 4.78 is 12.7. The third kappa shape index (κ3) is 1.32.